The Kier molecular flexibility index (Phi) is 4.01. The van der Waals surface area contributed by atoms with Crippen molar-refractivity contribution in [1.82, 2.24) is 0 Å². The average molecular weight is 306 g/mol. The van der Waals surface area contributed by atoms with Crippen LogP contribution >= 0.6 is 0 Å². The van der Waals surface area contributed by atoms with Crippen molar-refractivity contribution >= 4 is 0 Å². The highest BCUT2D eigenvalue weighted by Gasteiger charge is 2.58. The minimum absolute atomic E-state index is 0.0989. The van der Waals surface area contributed by atoms with Gasteiger partial charge in [0.15, 0.2) is 0 Å². The molecule has 6 unspecified atom stereocenters. The fourth-order valence-electron chi connectivity index (χ4n) is 6.32. The molecule has 6 atom stereocenters. The first-order chi connectivity index (χ1) is 10.3. The van der Waals surface area contributed by atoms with Gasteiger partial charge in [-0.3, -0.25) is 0 Å². The first-order valence-electron chi connectivity index (χ1n) is 9.23. The predicted molar refractivity (Wildman–Crippen MR) is 90.5 cm³/mol. The lowest BCUT2D eigenvalue weighted by Gasteiger charge is -2.63. The number of aliphatic hydroxyl groups is 2. The molecule has 0 aliphatic heterocycles. The average Bonchev–Trinajstić information content (AvgIpc) is 2.49. The molecule has 2 nitrogen and oxygen atoms in total. The fourth-order valence-corrected chi connectivity index (χ4v) is 6.32. The smallest absolute Gasteiger partial charge is 0.0824 e. The van der Waals surface area contributed by atoms with Crippen LogP contribution in [0.2, 0.25) is 0 Å². The van der Waals surface area contributed by atoms with Gasteiger partial charge in [0.2, 0.25) is 0 Å². The van der Waals surface area contributed by atoms with E-state index in [-0.39, 0.29) is 12.0 Å². The highest BCUT2D eigenvalue weighted by Crippen LogP contribution is 2.67. The van der Waals surface area contributed by atoms with E-state index in [1.54, 1.807) is 0 Å². The van der Waals surface area contributed by atoms with E-state index >= 15 is 0 Å². The van der Waals surface area contributed by atoms with Gasteiger partial charge < -0.3 is 10.2 Å². The van der Waals surface area contributed by atoms with Crippen LogP contribution in [0.4, 0.5) is 0 Å². The summed E-state index contributed by atoms with van der Waals surface area (Å²) >= 11 is 0. The van der Waals surface area contributed by atoms with Crippen LogP contribution in [-0.4, -0.2) is 22.9 Å². The van der Waals surface area contributed by atoms with Crippen molar-refractivity contribution in [2.75, 3.05) is 6.61 Å². The number of rotatable bonds is 2. The third-order valence-electron chi connectivity index (χ3n) is 8.21. The summed E-state index contributed by atoms with van der Waals surface area (Å²) < 4.78 is 0. The molecule has 2 heteroatoms. The fraction of sp³-hybridized carbons (Fsp3) is 0.900. The minimum atomic E-state index is -0.563. The lowest BCUT2D eigenvalue weighted by atomic mass is 9.42. The second-order valence-corrected chi connectivity index (χ2v) is 9.26. The molecule has 0 aromatic rings. The van der Waals surface area contributed by atoms with Gasteiger partial charge in [-0.05, 0) is 79.4 Å². The summed E-state index contributed by atoms with van der Waals surface area (Å²) in [6.07, 6.45) is 9.14. The molecule has 3 saturated carbocycles. The molecule has 2 N–H and O–H groups in total. The molecule has 126 valence electrons. The molecular formula is C20H34O2. The molecule has 0 bridgehead atoms. The molecule has 0 aromatic carbocycles. The van der Waals surface area contributed by atoms with Gasteiger partial charge in [0.05, 0.1) is 12.7 Å². The van der Waals surface area contributed by atoms with E-state index in [2.05, 4.69) is 27.4 Å². The van der Waals surface area contributed by atoms with Gasteiger partial charge in [-0.2, -0.15) is 0 Å². The zero-order chi connectivity index (χ0) is 16.2. The van der Waals surface area contributed by atoms with E-state index < -0.39 is 6.10 Å². The summed E-state index contributed by atoms with van der Waals surface area (Å²) in [5.41, 5.74) is 2.13. The Morgan fingerprint density at radius 2 is 1.91 bits per heavy atom. The van der Waals surface area contributed by atoms with E-state index in [1.165, 1.54) is 44.1 Å². The van der Waals surface area contributed by atoms with Crippen molar-refractivity contribution in [3.63, 3.8) is 0 Å². The Morgan fingerprint density at radius 1 is 1.18 bits per heavy atom. The van der Waals surface area contributed by atoms with Crippen molar-refractivity contribution in [1.29, 1.82) is 0 Å². The third-order valence-corrected chi connectivity index (χ3v) is 8.21. The number of hydrogen-bond acceptors (Lipinski definition) is 2. The topological polar surface area (TPSA) is 40.5 Å². The summed E-state index contributed by atoms with van der Waals surface area (Å²) in [6, 6.07) is 0. The Hall–Kier alpha value is -0.340. The molecule has 22 heavy (non-hydrogen) atoms. The summed E-state index contributed by atoms with van der Waals surface area (Å²) in [5.74, 6) is 1.45. The van der Waals surface area contributed by atoms with Gasteiger partial charge in [-0.25, -0.2) is 0 Å². The van der Waals surface area contributed by atoms with E-state index in [1.807, 2.05) is 0 Å². The molecule has 3 fully saturated rings. The van der Waals surface area contributed by atoms with Crippen molar-refractivity contribution in [2.24, 2.45) is 28.1 Å². The summed E-state index contributed by atoms with van der Waals surface area (Å²) in [6.45, 7) is 11.5. The van der Waals surface area contributed by atoms with Crippen LogP contribution in [0.5, 0.6) is 0 Å². The summed E-state index contributed by atoms with van der Waals surface area (Å²) in [4.78, 5) is 0. The van der Waals surface area contributed by atoms with Crippen molar-refractivity contribution in [3.8, 4) is 0 Å². The van der Waals surface area contributed by atoms with Crippen LogP contribution in [0, 0.1) is 28.1 Å². The van der Waals surface area contributed by atoms with Gasteiger partial charge in [0, 0.05) is 0 Å². The Balaban J connectivity index is 1.87. The molecule has 0 heterocycles. The monoisotopic (exact) mass is 306 g/mol. The standard InChI is InChI=1S/C20H34O2/c1-14-6-5-7-16-19(14,3)9-8-15-12-18(2,17(22)13-21)10-11-20(15,16)4/h15-17,21-22H,1,5-13H2,2-4H3. The number of aliphatic hydroxyl groups excluding tert-OH is 2. The van der Waals surface area contributed by atoms with Crippen LogP contribution in [0.3, 0.4) is 0 Å². The lowest BCUT2D eigenvalue weighted by molar-refractivity contribution is -0.134. The van der Waals surface area contributed by atoms with Gasteiger partial charge in [-0.15, -0.1) is 0 Å². The van der Waals surface area contributed by atoms with Gasteiger partial charge >= 0.3 is 0 Å². The van der Waals surface area contributed by atoms with Gasteiger partial charge in [-0.1, -0.05) is 32.9 Å². The van der Waals surface area contributed by atoms with E-state index in [0.29, 0.717) is 16.7 Å². The molecule has 3 rings (SSSR count). The maximum absolute atomic E-state index is 10.3. The molecule has 3 aliphatic carbocycles. The maximum Gasteiger partial charge on any atom is 0.0824 e. The maximum atomic E-state index is 10.3. The van der Waals surface area contributed by atoms with Crippen molar-refractivity contribution in [2.45, 2.75) is 78.2 Å². The normalized spacial score (nSPS) is 50.1. The highest BCUT2D eigenvalue weighted by molar-refractivity contribution is 5.20. The van der Waals surface area contributed by atoms with E-state index in [0.717, 1.165) is 18.8 Å². The molecule has 0 aromatic heterocycles. The lowest BCUT2D eigenvalue weighted by Crippen LogP contribution is -2.55. The molecule has 0 spiro atoms. The first-order valence-corrected chi connectivity index (χ1v) is 9.23. The summed E-state index contributed by atoms with van der Waals surface area (Å²) in [5, 5.41) is 19.7. The number of allylic oxidation sites excluding steroid dienone is 1. The van der Waals surface area contributed by atoms with Crippen LogP contribution in [0.25, 0.3) is 0 Å². The van der Waals surface area contributed by atoms with Crippen LogP contribution in [-0.2, 0) is 0 Å². The van der Waals surface area contributed by atoms with Crippen molar-refractivity contribution < 1.29 is 10.2 Å². The first kappa shape index (κ1) is 16.5. The Morgan fingerprint density at radius 3 is 2.59 bits per heavy atom. The highest BCUT2D eigenvalue weighted by atomic mass is 16.3. The Bertz CT molecular complexity index is 459. The zero-order valence-electron chi connectivity index (χ0n) is 14.7. The number of fused-ring (bicyclic) bond motifs is 3. The molecule has 3 aliphatic rings. The second kappa shape index (κ2) is 5.34. The predicted octanol–water partition coefficient (Wildman–Crippen LogP) is 4.31. The van der Waals surface area contributed by atoms with Crippen LogP contribution in [0.1, 0.15) is 72.1 Å². The third kappa shape index (κ3) is 2.21. The van der Waals surface area contributed by atoms with E-state index in [9.17, 15) is 10.2 Å². The Labute approximate surface area is 136 Å². The number of hydrogen-bond donors (Lipinski definition) is 2. The second-order valence-electron chi connectivity index (χ2n) is 9.26. The van der Waals surface area contributed by atoms with Gasteiger partial charge in [0.1, 0.15) is 0 Å². The molecule has 0 saturated heterocycles. The van der Waals surface area contributed by atoms with Crippen LogP contribution < -0.4 is 0 Å². The van der Waals surface area contributed by atoms with Gasteiger partial charge in [0.25, 0.3) is 0 Å². The molecule has 0 amide bonds. The largest absolute Gasteiger partial charge is 0.394 e. The van der Waals surface area contributed by atoms with Crippen molar-refractivity contribution in [3.05, 3.63) is 12.2 Å². The summed E-state index contributed by atoms with van der Waals surface area (Å²) in [7, 11) is 0. The SMILES string of the molecule is C=C1CCCC2C1(C)CCC1CC(C)(C(O)CO)CCC12C. The minimum Gasteiger partial charge on any atom is -0.394 e. The van der Waals surface area contributed by atoms with E-state index in [4.69, 9.17) is 0 Å². The molecular weight excluding hydrogens is 272 g/mol. The quantitative estimate of drug-likeness (QED) is 0.746. The molecule has 0 radical (unpaired) electrons. The van der Waals surface area contributed by atoms with Crippen LogP contribution in [0.15, 0.2) is 12.2 Å². The zero-order valence-corrected chi connectivity index (χ0v) is 14.7.